The molecule has 0 N–H and O–H groups in total. The predicted molar refractivity (Wildman–Crippen MR) is 67.5 cm³/mol. The Morgan fingerprint density at radius 2 is 2.21 bits per heavy atom. The Hall–Kier alpha value is -2.30. The van der Waals surface area contributed by atoms with Crippen LogP contribution in [-0.2, 0) is 6.54 Å². The summed E-state index contributed by atoms with van der Waals surface area (Å²) in [4.78, 5) is 13.4. The van der Waals surface area contributed by atoms with E-state index in [1.165, 1.54) is 30.4 Å². The van der Waals surface area contributed by atoms with E-state index in [2.05, 4.69) is 0 Å². The smallest absolute Gasteiger partial charge is 0.289 e. The van der Waals surface area contributed by atoms with Crippen LogP contribution in [0.15, 0.2) is 41.0 Å². The standard InChI is InChI=1S/C14H14FNO3/c1-16(14(17)13-4-3-7-19-13)9-10-5-6-12(18-2)11(15)8-10/h3-8H,9H2,1-2H3. The summed E-state index contributed by atoms with van der Waals surface area (Å²) >= 11 is 0. The lowest BCUT2D eigenvalue weighted by Gasteiger charge is -2.16. The quantitative estimate of drug-likeness (QED) is 0.851. The Bertz CT molecular complexity index is 566. The number of ether oxygens (including phenoxy) is 1. The summed E-state index contributed by atoms with van der Waals surface area (Å²) in [5.74, 6) is -0.250. The van der Waals surface area contributed by atoms with Crippen molar-refractivity contribution in [3.63, 3.8) is 0 Å². The van der Waals surface area contributed by atoms with E-state index >= 15 is 0 Å². The average molecular weight is 263 g/mol. The molecule has 5 heteroatoms. The molecule has 0 aliphatic carbocycles. The maximum atomic E-state index is 13.5. The third-order valence-electron chi connectivity index (χ3n) is 2.71. The number of benzene rings is 1. The van der Waals surface area contributed by atoms with Gasteiger partial charge in [0.05, 0.1) is 13.4 Å². The molecule has 0 bridgehead atoms. The summed E-state index contributed by atoms with van der Waals surface area (Å²) < 4.78 is 23.4. The molecule has 1 aromatic heterocycles. The number of carbonyl (C=O) groups excluding carboxylic acids is 1. The van der Waals surface area contributed by atoms with Crippen LogP contribution in [0.25, 0.3) is 0 Å². The minimum Gasteiger partial charge on any atom is -0.494 e. The zero-order valence-corrected chi connectivity index (χ0v) is 10.7. The summed E-state index contributed by atoms with van der Waals surface area (Å²) in [7, 11) is 3.04. The van der Waals surface area contributed by atoms with Crippen LogP contribution >= 0.6 is 0 Å². The fourth-order valence-corrected chi connectivity index (χ4v) is 1.74. The number of hydrogen-bond donors (Lipinski definition) is 0. The van der Waals surface area contributed by atoms with Crippen LogP contribution in [0.2, 0.25) is 0 Å². The Labute approximate surface area is 110 Å². The number of nitrogens with zero attached hydrogens (tertiary/aromatic N) is 1. The van der Waals surface area contributed by atoms with Gasteiger partial charge in [0.15, 0.2) is 17.3 Å². The molecule has 0 atom stereocenters. The van der Waals surface area contributed by atoms with Crippen LogP contribution in [0, 0.1) is 5.82 Å². The summed E-state index contributed by atoms with van der Waals surface area (Å²) in [5, 5.41) is 0. The van der Waals surface area contributed by atoms with Crippen LogP contribution in [-0.4, -0.2) is 25.0 Å². The topological polar surface area (TPSA) is 42.7 Å². The van der Waals surface area contributed by atoms with E-state index in [1.54, 1.807) is 25.2 Å². The molecular formula is C14H14FNO3. The Kier molecular flexibility index (Phi) is 3.85. The summed E-state index contributed by atoms with van der Waals surface area (Å²) in [6.45, 7) is 0.292. The lowest BCUT2D eigenvalue weighted by molar-refractivity contribution is 0.0753. The number of rotatable bonds is 4. The van der Waals surface area contributed by atoms with Gasteiger partial charge in [-0.05, 0) is 29.8 Å². The monoisotopic (exact) mass is 263 g/mol. The van der Waals surface area contributed by atoms with Crippen molar-refractivity contribution >= 4 is 5.91 Å². The third-order valence-corrected chi connectivity index (χ3v) is 2.71. The molecule has 0 aliphatic rings. The van der Waals surface area contributed by atoms with Crippen molar-refractivity contribution in [2.45, 2.75) is 6.54 Å². The first-order valence-corrected chi connectivity index (χ1v) is 5.73. The molecule has 0 unspecified atom stereocenters. The number of amides is 1. The minimum atomic E-state index is -0.446. The second-order valence-corrected chi connectivity index (χ2v) is 4.11. The van der Waals surface area contributed by atoms with Gasteiger partial charge in [-0.15, -0.1) is 0 Å². The van der Waals surface area contributed by atoms with Crippen molar-refractivity contribution in [2.75, 3.05) is 14.2 Å². The molecule has 0 aliphatic heterocycles. The minimum absolute atomic E-state index is 0.184. The van der Waals surface area contributed by atoms with Gasteiger partial charge in [-0.3, -0.25) is 4.79 Å². The van der Waals surface area contributed by atoms with Gasteiger partial charge in [0.1, 0.15) is 0 Å². The van der Waals surface area contributed by atoms with Gasteiger partial charge in [-0.1, -0.05) is 6.07 Å². The molecule has 0 radical (unpaired) electrons. The van der Waals surface area contributed by atoms with Gasteiger partial charge in [-0.25, -0.2) is 4.39 Å². The summed E-state index contributed by atoms with van der Waals surface area (Å²) in [6, 6.07) is 7.84. The van der Waals surface area contributed by atoms with Crippen LogP contribution in [0.4, 0.5) is 4.39 Å². The van der Waals surface area contributed by atoms with E-state index in [0.717, 1.165) is 0 Å². The maximum absolute atomic E-state index is 13.5. The fraction of sp³-hybridized carbons (Fsp3) is 0.214. The third kappa shape index (κ3) is 2.93. The number of carbonyl (C=O) groups is 1. The lowest BCUT2D eigenvalue weighted by atomic mass is 10.2. The Balaban J connectivity index is 2.08. The van der Waals surface area contributed by atoms with E-state index in [1.807, 2.05) is 0 Å². The van der Waals surface area contributed by atoms with Gasteiger partial charge in [0.2, 0.25) is 0 Å². The van der Waals surface area contributed by atoms with Crippen LogP contribution < -0.4 is 4.74 Å². The van der Waals surface area contributed by atoms with E-state index < -0.39 is 5.82 Å². The van der Waals surface area contributed by atoms with Crippen molar-refractivity contribution < 1.29 is 18.3 Å². The van der Waals surface area contributed by atoms with Crippen LogP contribution in [0.3, 0.4) is 0 Å². The maximum Gasteiger partial charge on any atom is 0.289 e. The van der Waals surface area contributed by atoms with E-state index in [4.69, 9.17) is 9.15 Å². The highest BCUT2D eigenvalue weighted by molar-refractivity contribution is 5.91. The SMILES string of the molecule is COc1ccc(CN(C)C(=O)c2ccco2)cc1F. The highest BCUT2D eigenvalue weighted by atomic mass is 19.1. The molecule has 0 saturated heterocycles. The van der Waals surface area contributed by atoms with Gasteiger partial charge in [0, 0.05) is 13.6 Å². The molecule has 2 rings (SSSR count). The van der Waals surface area contributed by atoms with E-state index in [0.29, 0.717) is 12.1 Å². The molecule has 1 heterocycles. The van der Waals surface area contributed by atoms with Gasteiger partial charge >= 0.3 is 0 Å². The first-order valence-electron chi connectivity index (χ1n) is 5.73. The number of furan rings is 1. The molecule has 19 heavy (non-hydrogen) atoms. The van der Waals surface area contributed by atoms with Gasteiger partial charge in [-0.2, -0.15) is 0 Å². The van der Waals surface area contributed by atoms with Crippen molar-refractivity contribution in [1.29, 1.82) is 0 Å². The van der Waals surface area contributed by atoms with Crippen molar-refractivity contribution in [3.05, 3.63) is 53.7 Å². The molecule has 0 saturated carbocycles. The number of methoxy groups -OCH3 is 1. The fourth-order valence-electron chi connectivity index (χ4n) is 1.74. The zero-order chi connectivity index (χ0) is 13.8. The summed E-state index contributed by atoms with van der Waals surface area (Å²) in [6.07, 6.45) is 1.44. The normalized spacial score (nSPS) is 10.3. The molecular weight excluding hydrogens is 249 g/mol. The van der Waals surface area contributed by atoms with Crippen molar-refractivity contribution in [2.24, 2.45) is 0 Å². The number of hydrogen-bond acceptors (Lipinski definition) is 3. The van der Waals surface area contributed by atoms with Crippen molar-refractivity contribution in [3.8, 4) is 5.75 Å². The molecule has 0 fully saturated rings. The Morgan fingerprint density at radius 1 is 1.42 bits per heavy atom. The predicted octanol–water partition coefficient (Wildman–Crippen LogP) is 2.70. The summed E-state index contributed by atoms with van der Waals surface area (Å²) in [5.41, 5.74) is 0.681. The zero-order valence-electron chi connectivity index (χ0n) is 10.7. The van der Waals surface area contributed by atoms with E-state index in [9.17, 15) is 9.18 Å². The highest BCUT2D eigenvalue weighted by Gasteiger charge is 2.15. The molecule has 1 amide bonds. The molecule has 100 valence electrons. The van der Waals surface area contributed by atoms with Gasteiger partial charge < -0.3 is 14.1 Å². The van der Waals surface area contributed by atoms with E-state index in [-0.39, 0.29) is 17.4 Å². The average Bonchev–Trinajstić information content (AvgIpc) is 2.92. The van der Waals surface area contributed by atoms with Crippen LogP contribution in [0.1, 0.15) is 16.1 Å². The molecule has 1 aromatic carbocycles. The Morgan fingerprint density at radius 3 is 2.79 bits per heavy atom. The largest absolute Gasteiger partial charge is 0.494 e. The van der Waals surface area contributed by atoms with Crippen LogP contribution in [0.5, 0.6) is 5.75 Å². The number of halogens is 1. The molecule has 0 spiro atoms. The first-order chi connectivity index (χ1) is 9.11. The second-order valence-electron chi connectivity index (χ2n) is 4.11. The lowest BCUT2D eigenvalue weighted by Crippen LogP contribution is -2.25. The first kappa shape index (κ1) is 13.1. The van der Waals surface area contributed by atoms with Gasteiger partial charge in [0.25, 0.3) is 5.91 Å². The molecule has 2 aromatic rings. The highest BCUT2D eigenvalue weighted by Crippen LogP contribution is 2.19. The second kappa shape index (κ2) is 5.56. The van der Waals surface area contributed by atoms with Crippen molar-refractivity contribution in [1.82, 2.24) is 4.90 Å². The molecule has 4 nitrogen and oxygen atoms in total.